The summed E-state index contributed by atoms with van der Waals surface area (Å²) in [5.74, 6) is -4.05. The molecule has 2 atom stereocenters. The summed E-state index contributed by atoms with van der Waals surface area (Å²) < 4.78 is 80.5. The second kappa shape index (κ2) is 16.9. The second-order valence-electron chi connectivity index (χ2n) is 11.4. The van der Waals surface area contributed by atoms with Gasteiger partial charge in [-0.05, 0) is 121 Å². The smallest absolute Gasteiger partial charge is 0.419 e. The van der Waals surface area contributed by atoms with Gasteiger partial charge in [0.05, 0.1) is 24.6 Å². The summed E-state index contributed by atoms with van der Waals surface area (Å²) >= 11 is 3.33. The molecule has 0 aliphatic heterocycles. The van der Waals surface area contributed by atoms with Crippen LogP contribution >= 0.6 is 15.9 Å². The van der Waals surface area contributed by atoms with Crippen molar-refractivity contribution in [2.24, 2.45) is 0 Å². The number of esters is 1. The van der Waals surface area contributed by atoms with E-state index in [2.05, 4.69) is 34.4 Å². The number of carbonyl (C=O) groups is 2. The fourth-order valence-electron chi connectivity index (χ4n) is 5.54. The molecule has 0 radical (unpaired) electrons. The van der Waals surface area contributed by atoms with Crippen molar-refractivity contribution in [2.45, 2.75) is 77.6 Å². The van der Waals surface area contributed by atoms with Crippen molar-refractivity contribution in [1.82, 2.24) is 9.88 Å². The Morgan fingerprint density at radius 3 is 2.38 bits per heavy atom. The van der Waals surface area contributed by atoms with E-state index in [0.29, 0.717) is 52.9 Å². The highest BCUT2D eigenvalue weighted by atomic mass is 79.9. The predicted octanol–water partition coefficient (Wildman–Crippen LogP) is 9.02. The Bertz CT molecular complexity index is 1730. The first-order valence-electron chi connectivity index (χ1n) is 15.4. The first-order chi connectivity index (χ1) is 22.6. The molecule has 0 spiro atoms. The van der Waals surface area contributed by atoms with E-state index in [1.165, 1.54) is 44.3 Å². The van der Waals surface area contributed by atoms with E-state index in [0.717, 1.165) is 10.6 Å². The van der Waals surface area contributed by atoms with Gasteiger partial charge in [-0.1, -0.05) is 12.2 Å². The molecule has 0 fully saturated rings. The fraction of sp³-hybridized carbons (Fsp3) is 0.361. The summed E-state index contributed by atoms with van der Waals surface area (Å²) in [6.45, 7) is 12.0. The maximum absolute atomic E-state index is 16.0. The summed E-state index contributed by atoms with van der Waals surface area (Å²) in [5.41, 5.74) is -1.24. The molecule has 3 rings (SSSR count). The number of nitrogens with one attached hydrogen (secondary N) is 1. The van der Waals surface area contributed by atoms with Gasteiger partial charge in [0.2, 0.25) is 5.91 Å². The lowest BCUT2D eigenvalue weighted by Crippen LogP contribution is -2.40. The van der Waals surface area contributed by atoms with Crippen LogP contribution in [0.5, 0.6) is 0 Å². The molecule has 0 bridgehead atoms. The normalized spacial score (nSPS) is 12.7. The number of amides is 1. The average molecular weight is 738 g/mol. The van der Waals surface area contributed by atoms with E-state index < -0.39 is 64.9 Å². The summed E-state index contributed by atoms with van der Waals surface area (Å²) in [4.78, 5) is 39.4. The fourth-order valence-corrected chi connectivity index (χ4v) is 5.87. The van der Waals surface area contributed by atoms with Gasteiger partial charge in [0.15, 0.2) is 0 Å². The lowest BCUT2D eigenvalue weighted by molar-refractivity contribution is -0.144. The quantitative estimate of drug-likeness (QED) is 0.0732. The Morgan fingerprint density at radius 2 is 1.75 bits per heavy atom. The number of rotatable bonds is 15. The number of hydrogen-bond donors (Lipinski definition) is 1. The van der Waals surface area contributed by atoms with E-state index in [1.54, 1.807) is 13.0 Å². The van der Waals surface area contributed by atoms with Gasteiger partial charge in [0, 0.05) is 22.3 Å². The van der Waals surface area contributed by atoms with Crippen LogP contribution in [0.3, 0.4) is 0 Å². The van der Waals surface area contributed by atoms with Crippen LogP contribution in [0.2, 0.25) is 0 Å². The summed E-state index contributed by atoms with van der Waals surface area (Å²) in [7, 11) is 0. The molecule has 1 amide bonds. The zero-order valence-electron chi connectivity index (χ0n) is 27.0. The van der Waals surface area contributed by atoms with Crippen molar-refractivity contribution < 1.29 is 36.3 Å². The first-order valence-corrected chi connectivity index (χ1v) is 16.2. The Kier molecular flexibility index (Phi) is 13.5. The Morgan fingerprint density at radius 1 is 1.04 bits per heavy atom. The van der Waals surface area contributed by atoms with Crippen LogP contribution in [-0.2, 0) is 26.9 Å². The van der Waals surface area contributed by atoms with E-state index in [1.807, 2.05) is 0 Å². The molecule has 12 heteroatoms. The summed E-state index contributed by atoms with van der Waals surface area (Å²) in [6, 6.07) is 2.61. The van der Waals surface area contributed by atoms with E-state index >= 15 is 4.39 Å². The highest BCUT2D eigenvalue weighted by Crippen LogP contribution is 2.40. The number of aromatic nitrogens is 1. The molecule has 1 heterocycles. The van der Waals surface area contributed by atoms with E-state index in [-0.39, 0.29) is 24.2 Å². The maximum atomic E-state index is 16.0. The third kappa shape index (κ3) is 9.52. The highest BCUT2D eigenvalue weighted by molar-refractivity contribution is 9.10. The van der Waals surface area contributed by atoms with Crippen molar-refractivity contribution in [3.8, 4) is 11.1 Å². The van der Waals surface area contributed by atoms with Crippen molar-refractivity contribution in [1.29, 1.82) is 0 Å². The van der Waals surface area contributed by atoms with Gasteiger partial charge in [-0.15, -0.1) is 13.2 Å². The topological polar surface area (TPSA) is 77.4 Å². The zero-order valence-corrected chi connectivity index (χ0v) is 28.6. The molecule has 0 aliphatic carbocycles. The van der Waals surface area contributed by atoms with E-state index in [4.69, 9.17) is 4.74 Å². The number of pyridine rings is 1. The van der Waals surface area contributed by atoms with Crippen LogP contribution in [0, 0.1) is 25.5 Å². The molecular weight excluding hydrogens is 699 g/mol. The number of hydrogen-bond acceptors (Lipinski definition) is 4. The highest BCUT2D eigenvalue weighted by Gasteiger charge is 2.38. The van der Waals surface area contributed by atoms with Gasteiger partial charge in [0.1, 0.15) is 17.7 Å². The Labute approximate surface area is 284 Å². The monoisotopic (exact) mass is 736 g/mol. The molecule has 0 saturated carbocycles. The molecule has 0 saturated heterocycles. The van der Waals surface area contributed by atoms with Gasteiger partial charge < -0.3 is 14.6 Å². The summed E-state index contributed by atoms with van der Waals surface area (Å²) in [6.07, 6.45) is 0.839. The van der Waals surface area contributed by atoms with Gasteiger partial charge in [0.25, 0.3) is 5.56 Å². The first kappa shape index (κ1) is 38.4. The average Bonchev–Trinajstić information content (AvgIpc) is 2.99. The molecule has 1 aromatic heterocycles. The second-order valence-corrected chi connectivity index (χ2v) is 12.2. The number of nitrogens with zero attached hydrogens (tertiary/aromatic N) is 1. The molecule has 0 aliphatic rings. The number of alkyl halides is 3. The number of benzene rings is 2. The number of halogens is 6. The van der Waals surface area contributed by atoms with Crippen LogP contribution in [-0.4, -0.2) is 23.1 Å². The van der Waals surface area contributed by atoms with Crippen molar-refractivity contribution in [3.05, 3.63) is 116 Å². The molecule has 2 aromatic carbocycles. The Balaban J connectivity index is 2.25. The number of ether oxygens (including phenoxy) is 1. The van der Waals surface area contributed by atoms with E-state index in [9.17, 15) is 31.9 Å². The van der Waals surface area contributed by atoms with Gasteiger partial charge in [-0.3, -0.25) is 14.4 Å². The number of carbonyl (C=O) groups excluding carboxylic acids is 2. The molecule has 6 nitrogen and oxygen atoms in total. The van der Waals surface area contributed by atoms with Gasteiger partial charge >= 0.3 is 12.1 Å². The lowest BCUT2D eigenvalue weighted by atomic mass is 9.88. The minimum absolute atomic E-state index is 0.0700. The van der Waals surface area contributed by atoms with Gasteiger partial charge in [-0.25, -0.2) is 8.78 Å². The molecule has 258 valence electrons. The Hall–Kier alpha value is -4.06. The molecule has 3 aromatic rings. The predicted molar refractivity (Wildman–Crippen MR) is 178 cm³/mol. The third-order valence-electron chi connectivity index (χ3n) is 7.80. The van der Waals surface area contributed by atoms with Gasteiger partial charge in [-0.2, -0.15) is 13.2 Å². The SMILES string of the molecule is C=CCCCCc1cc(F)cc(C)c1-c1cc([C@H](CC(=O)OCC)NC(=O)[C@H](CC=C)n2cc(Br)c(C)cc2=O)c(F)c(C(F)(F)F)c1. The lowest BCUT2D eigenvalue weighted by Gasteiger charge is -2.26. The summed E-state index contributed by atoms with van der Waals surface area (Å²) in [5, 5.41) is 2.51. The van der Waals surface area contributed by atoms with Crippen molar-refractivity contribution in [2.75, 3.05) is 6.61 Å². The molecular formula is C36H38BrF5N2O4. The molecule has 48 heavy (non-hydrogen) atoms. The number of allylic oxidation sites excluding steroid dienone is 2. The maximum Gasteiger partial charge on any atom is 0.419 e. The van der Waals surface area contributed by atoms with Crippen LogP contribution in [0.4, 0.5) is 22.0 Å². The number of unbranched alkanes of at least 4 members (excludes halogenated alkanes) is 2. The minimum Gasteiger partial charge on any atom is -0.466 e. The third-order valence-corrected chi connectivity index (χ3v) is 8.63. The zero-order chi connectivity index (χ0) is 35.8. The largest absolute Gasteiger partial charge is 0.466 e. The number of aryl methyl sites for hydroxylation is 3. The van der Waals surface area contributed by atoms with Crippen molar-refractivity contribution >= 4 is 27.8 Å². The molecule has 1 N–H and O–H groups in total. The minimum atomic E-state index is -5.17. The standard InChI is InChI=1S/C36H38BrF5N2O4/c1-6-9-10-11-13-23-16-25(38)14-22(5)33(23)24-17-26(34(39)27(18-24)36(40,41)42)29(19-32(46)48-8-3)43-35(47)30(12-7-2)44-20-28(37)21(4)15-31(44)45/h6-7,14-18,20,29-30H,1-2,8-13,19H2,3-5H3,(H,43,47)/t29-,30-/m0/s1. The molecule has 0 unspecified atom stereocenters. The van der Waals surface area contributed by atoms with Crippen molar-refractivity contribution in [3.63, 3.8) is 0 Å². The van der Waals surface area contributed by atoms with Crippen LogP contribution in [0.25, 0.3) is 11.1 Å². The van der Waals surface area contributed by atoms with Crippen LogP contribution in [0.15, 0.2) is 71.1 Å². The van der Waals surface area contributed by atoms with Crippen LogP contribution < -0.4 is 10.9 Å². The van der Waals surface area contributed by atoms with Crippen LogP contribution in [0.1, 0.15) is 78.9 Å².